The van der Waals surface area contributed by atoms with E-state index >= 15 is 0 Å². The Morgan fingerprint density at radius 3 is 2.48 bits per heavy atom. The summed E-state index contributed by atoms with van der Waals surface area (Å²) in [5.74, 6) is 0.723. The lowest BCUT2D eigenvalue weighted by molar-refractivity contribution is 0.0945. The average molecular weight is 453 g/mol. The van der Waals surface area contributed by atoms with E-state index in [0.717, 1.165) is 10.0 Å². The maximum absolute atomic E-state index is 12.7. The van der Waals surface area contributed by atoms with E-state index in [1.165, 1.54) is 0 Å². The lowest BCUT2D eigenvalue weighted by atomic mass is 10.1. The molecule has 0 aliphatic rings. The topological polar surface area (TPSA) is 67.4 Å². The minimum atomic E-state index is -0.251. The second-order valence-corrected chi connectivity index (χ2v) is 7.21. The normalized spacial score (nSPS) is 10.3. The van der Waals surface area contributed by atoms with Crippen LogP contribution in [-0.2, 0) is 6.54 Å². The number of carbonyl (C=O) groups is 2. The van der Waals surface area contributed by atoms with Crippen molar-refractivity contribution in [3.8, 4) is 11.5 Å². The SMILES string of the molecule is CCNC(=O)c1cccc(CNC(=O)c2ccccc2Oc2cccc(Br)c2)c1. The number of rotatable bonds is 7. The molecule has 0 unspecified atom stereocenters. The third-order valence-corrected chi connectivity index (χ3v) is 4.63. The molecule has 0 aliphatic carbocycles. The highest BCUT2D eigenvalue weighted by Gasteiger charge is 2.13. The van der Waals surface area contributed by atoms with Gasteiger partial charge in [0.25, 0.3) is 11.8 Å². The third kappa shape index (κ3) is 5.68. The Bertz CT molecular complexity index is 1020. The van der Waals surface area contributed by atoms with Gasteiger partial charge in [0.15, 0.2) is 0 Å². The van der Waals surface area contributed by atoms with Crippen LogP contribution in [0.25, 0.3) is 0 Å². The Morgan fingerprint density at radius 2 is 1.69 bits per heavy atom. The zero-order valence-corrected chi connectivity index (χ0v) is 17.5. The summed E-state index contributed by atoms with van der Waals surface area (Å²) < 4.78 is 6.79. The van der Waals surface area contributed by atoms with Crippen LogP contribution in [-0.4, -0.2) is 18.4 Å². The molecule has 3 aromatic rings. The number of ether oxygens (including phenoxy) is 1. The zero-order valence-electron chi connectivity index (χ0n) is 15.9. The Kier molecular flexibility index (Phi) is 7.03. The number of benzene rings is 3. The van der Waals surface area contributed by atoms with E-state index in [2.05, 4.69) is 26.6 Å². The molecule has 29 heavy (non-hydrogen) atoms. The Labute approximate surface area is 178 Å². The monoisotopic (exact) mass is 452 g/mol. The fourth-order valence-electron chi connectivity index (χ4n) is 2.76. The molecule has 148 valence electrons. The summed E-state index contributed by atoms with van der Waals surface area (Å²) in [6.07, 6.45) is 0. The molecule has 0 heterocycles. The molecule has 0 aromatic heterocycles. The first-order valence-corrected chi connectivity index (χ1v) is 10.0. The first-order valence-electron chi connectivity index (χ1n) is 9.24. The highest BCUT2D eigenvalue weighted by molar-refractivity contribution is 9.10. The van der Waals surface area contributed by atoms with Gasteiger partial charge < -0.3 is 15.4 Å². The highest BCUT2D eigenvalue weighted by Crippen LogP contribution is 2.27. The van der Waals surface area contributed by atoms with Crippen molar-refractivity contribution in [3.63, 3.8) is 0 Å². The summed E-state index contributed by atoms with van der Waals surface area (Å²) in [6, 6.07) is 21.7. The highest BCUT2D eigenvalue weighted by atomic mass is 79.9. The molecule has 3 rings (SSSR count). The Morgan fingerprint density at radius 1 is 0.897 bits per heavy atom. The van der Waals surface area contributed by atoms with Crippen molar-refractivity contribution in [1.29, 1.82) is 0 Å². The first kappa shape index (κ1) is 20.6. The summed E-state index contributed by atoms with van der Waals surface area (Å²) in [7, 11) is 0. The molecule has 0 bridgehead atoms. The molecule has 0 spiro atoms. The van der Waals surface area contributed by atoms with Crippen LogP contribution in [0.15, 0.2) is 77.3 Å². The van der Waals surface area contributed by atoms with E-state index in [0.29, 0.717) is 35.7 Å². The summed E-state index contributed by atoms with van der Waals surface area (Å²) in [6.45, 7) is 2.74. The van der Waals surface area contributed by atoms with E-state index in [9.17, 15) is 9.59 Å². The largest absolute Gasteiger partial charge is 0.456 e. The molecule has 0 saturated carbocycles. The standard InChI is InChI=1S/C23H21BrN2O3/c1-2-25-22(27)17-8-5-7-16(13-17)15-26-23(28)20-11-3-4-12-21(20)29-19-10-6-9-18(24)14-19/h3-14H,2,15H2,1H3,(H,25,27)(H,26,28). The van der Waals surface area contributed by atoms with Gasteiger partial charge in [-0.3, -0.25) is 9.59 Å². The van der Waals surface area contributed by atoms with Crippen molar-refractivity contribution in [1.82, 2.24) is 10.6 Å². The average Bonchev–Trinajstić information content (AvgIpc) is 2.73. The molecule has 0 fully saturated rings. The Balaban J connectivity index is 1.70. The van der Waals surface area contributed by atoms with Gasteiger partial charge in [0, 0.05) is 23.1 Å². The molecular weight excluding hydrogens is 432 g/mol. The van der Waals surface area contributed by atoms with Crippen molar-refractivity contribution in [2.75, 3.05) is 6.54 Å². The lowest BCUT2D eigenvalue weighted by Crippen LogP contribution is -2.24. The van der Waals surface area contributed by atoms with Crippen LogP contribution in [0.5, 0.6) is 11.5 Å². The van der Waals surface area contributed by atoms with Crippen molar-refractivity contribution >= 4 is 27.7 Å². The summed E-state index contributed by atoms with van der Waals surface area (Å²) >= 11 is 3.41. The maximum Gasteiger partial charge on any atom is 0.255 e. The molecule has 2 amide bonds. The molecule has 0 aliphatic heterocycles. The number of carbonyl (C=O) groups excluding carboxylic acids is 2. The van der Waals surface area contributed by atoms with Crippen molar-refractivity contribution < 1.29 is 14.3 Å². The van der Waals surface area contributed by atoms with Gasteiger partial charge in [-0.1, -0.05) is 46.3 Å². The van der Waals surface area contributed by atoms with Crippen LogP contribution < -0.4 is 15.4 Å². The van der Waals surface area contributed by atoms with Gasteiger partial charge in [0.2, 0.25) is 0 Å². The van der Waals surface area contributed by atoms with Crippen LogP contribution in [0.1, 0.15) is 33.2 Å². The number of amides is 2. The molecule has 6 heteroatoms. The lowest BCUT2D eigenvalue weighted by Gasteiger charge is -2.12. The van der Waals surface area contributed by atoms with E-state index in [1.807, 2.05) is 43.3 Å². The van der Waals surface area contributed by atoms with Crippen LogP contribution in [0.3, 0.4) is 0 Å². The van der Waals surface area contributed by atoms with Crippen LogP contribution >= 0.6 is 15.9 Å². The van der Waals surface area contributed by atoms with Crippen molar-refractivity contribution in [2.24, 2.45) is 0 Å². The predicted molar refractivity (Wildman–Crippen MR) is 116 cm³/mol. The molecule has 0 radical (unpaired) electrons. The van der Waals surface area contributed by atoms with E-state index < -0.39 is 0 Å². The predicted octanol–water partition coefficient (Wildman–Crippen LogP) is 4.92. The molecule has 0 saturated heterocycles. The van der Waals surface area contributed by atoms with Gasteiger partial charge in [0.1, 0.15) is 11.5 Å². The number of hydrogen-bond acceptors (Lipinski definition) is 3. The molecular formula is C23H21BrN2O3. The van der Waals surface area contributed by atoms with Gasteiger partial charge in [-0.25, -0.2) is 0 Å². The first-order chi connectivity index (χ1) is 14.1. The van der Waals surface area contributed by atoms with Crippen LogP contribution in [0.2, 0.25) is 0 Å². The maximum atomic E-state index is 12.7. The van der Waals surface area contributed by atoms with E-state index in [4.69, 9.17) is 4.74 Å². The zero-order chi connectivity index (χ0) is 20.6. The van der Waals surface area contributed by atoms with Gasteiger partial charge >= 0.3 is 0 Å². The van der Waals surface area contributed by atoms with Gasteiger partial charge in [-0.05, 0) is 55.0 Å². The molecule has 3 aromatic carbocycles. The van der Waals surface area contributed by atoms with E-state index in [-0.39, 0.29) is 11.8 Å². The van der Waals surface area contributed by atoms with Gasteiger partial charge in [-0.2, -0.15) is 0 Å². The summed E-state index contributed by atoms with van der Waals surface area (Å²) in [4.78, 5) is 24.7. The second-order valence-electron chi connectivity index (χ2n) is 6.30. The Hall–Kier alpha value is -3.12. The minimum Gasteiger partial charge on any atom is -0.456 e. The fraction of sp³-hybridized carbons (Fsp3) is 0.130. The van der Waals surface area contributed by atoms with Crippen molar-refractivity contribution in [3.05, 3.63) is 94.0 Å². The van der Waals surface area contributed by atoms with E-state index in [1.54, 1.807) is 36.4 Å². The smallest absolute Gasteiger partial charge is 0.255 e. The third-order valence-electron chi connectivity index (χ3n) is 4.14. The van der Waals surface area contributed by atoms with Gasteiger partial charge in [0.05, 0.1) is 5.56 Å². The number of nitrogens with one attached hydrogen (secondary N) is 2. The summed E-state index contributed by atoms with van der Waals surface area (Å²) in [5.41, 5.74) is 1.84. The van der Waals surface area contributed by atoms with Crippen molar-refractivity contribution in [2.45, 2.75) is 13.5 Å². The number of halogens is 1. The minimum absolute atomic E-state index is 0.131. The quantitative estimate of drug-likeness (QED) is 0.534. The molecule has 5 nitrogen and oxygen atoms in total. The number of hydrogen-bond donors (Lipinski definition) is 2. The molecule has 0 atom stereocenters. The number of para-hydroxylation sites is 1. The molecule has 2 N–H and O–H groups in total. The summed E-state index contributed by atoms with van der Waals surface area (Å²) in [5, 5.41) is 5.66. The van der Waals surface area contributed by atoms with Crippen LogP contribution in [0.4, 0.5) is 0 Å². The van der Waals surface area contributed by atoms with Gasteiger partial charge in [-0.15, -0.1) is 0 Å². The van der Waals surface area contributed by atoms with Crippen LogP contribution in [0, 0.1) is 0 Å². The second kappa shape index (κ2) is 9.89. The fourth-order valence-corrected chi connectivity index (χ4v) is 3.14.